The van der Waals surface area contributed by atoms with E-state index in [1.54, 1.807) is 24.3 Å². The van der Waals surface area contributed by atoms with E-state index in [1.165, 1.54) is 0 Å². The van der Waals surface area contributed by atoms with Crippen LogP contribution in [0.15, 0.2) is 57.8 Å². The predicted octanol–water partition coefficient (Wildman–Crippen LogP) is 3.27. The molecule has 0 bridgehead atoms. The van der Waals surface area contributed by atoms with Gasteiger partial charge in [0, 0.05) is 22.5 Å². The standard InChI is InChI=1S/C22H19N5O3/c1-13-6-2-3-10-17(13)27-18-11-5-9-16(18)19(25-27)21(28)23-15-8-4-7-14(12-15)20-24-22(29)30-26-20/h2-4,6-8,10,12H,5,9,11H2,1H3,(H,23,28)(H,24,26,29). The van der Waals surface area contributed by atoms with Gasteiger partial charge >= 0.3 is 5.76 Å². The molecular formula is C22H19N5O3. The molecule has 150 valence electrons. The van der Waals surface area contributed by atoms with Crippen LogP contribution in [0.4, 0.5) is 5.69 Å². The van der Waals surface area contributed by atoms with Gasteiger partial charge in [-0.15, -0.1) is 0 Å². The van der Waals surface area contributed by atoms with Crippen LogP contribution in [0.5, 0.6) is 0 Å². The highest BCUT2D eigenvalue weighted by atomic mass is 16.5. The topological polar surface area (TPSA) is 106 Å². The number of aryl methyl sites for hydroxylation is 1. The number of H-pyrrole nitrogens is 1. The van der Waals surface area contributed by atoms with Gasteiger partial charge in [-0.05, 0) is 49.9 Å². The lowest BCUT2D eigenvalue weighted by atomic mass is 10.1. The lowest BCUT2D eigenvalue weighted by Crippen LogP contribution is -2.15. The normalized spacial score (nSPS) is 12.7. The Hall–Kier alpha value is -3.94. The second-order valence-corrected chi connectivity index (χ2v) is 7.30. The molecule has 1 aliphatic carbocycles. The lowest BCUT2D eigenvalue weighted by molar-refractivity contribution is 0.102. The van der Waals surface area contributed by atoms with Crippen molar-refractivity contribution in [1.82, 2.24) is 19.9 Å². The van der Waals surface area contributed by atoms with Crippen LogP contribution in [0.1, 0.15) is 33.7 Å². The van der Waals surface area contributed by atoms with Crippen molar-refractivity contribution in [3.8, 4) is 17.1 Å². The average Bonchev–Trinajstić information content (AvgIpc) is 3.45. The SMILES string of the molecule is Cc1ccccc1-n1nc(C(=O)Nc2cccc(-c3noc(=O)[nH]3)c2)c2c1CCC2. The number of nitrogens with one attached hydrogen (secondary N) is 2. The maximum absolute atomic E-state index is 13.1. The summed E-state index contributed by atoms with van der Waals surface area (Å²) in [6.45, 7) is 2.04. The zero-order valence-electron chi connectivity index (χ0n) is 16.3. The summed E-state index contributed by atoms with van der Waals surface area (Å²) >= 11 is 0. The van der Waals surface area contributed by atoms with Gasteiger partial charge in [0.2, 0.25) is 0 Å². The Labute approximate surface area is 171 Å². The molecule has 8 nitrogen and oxygen atoms in total. The molecule has 0 radical (unpaired) electrons. The fraction of sp³-hybridized carbons (Fsp3) is 0.182. The first-order valence-corrected chi connectivity index (χ1v) is 9.75. The van der Waals surface area contributed by atoms with Crippen molar-refractivity contribution in [3.63, 3.8) is 0 Å². The van der Waals surface area contributed by atoms with Crippen molar-refractivity contribution < 1.29 is 9.32 Å². The molecule has 4 aromatic rings. The number of para-hydroxylation sites is 1. The molecule has 0 spiro atoms. The van der Waals surface area contributed by atoms with Gasteiger partial charge in [0.05, 0.1) is 5.69 Å². The maximum Gasteiger partial charge on any atom is 0.439 e. The lowest BCUT2D eigenvalue weighted by Gasteiger charge is -2.08. The van der Waals surface area contributed by atoms with E-state index in [2.05, 4.69) is 25.1 Å². The largest absolute Gasteiger partial charge is 0.439 e. The number of nitrogens with zero attached hydrogens (tertiary/aromatic N) is 3. The van der Waals surface area contributed by atoms with Crippen molar-refractivity contribution in [1.29, 1.82) is 0 Å². The van der Waals surface area contributed by atoms with Crippen LogP contribution < -0.4 is 11.1 Å². The molecule has 8 heteroatoms. The molecule has 0 unspecified atom stereocenters. The van der Waals surface area contributed by atoms with Crippen molar-refractivity contribution in [2.45, 2.75) is 26.2 Å². The van der Waals surface area contributed by atoms with Gasteiger partial charge < -0.3 is 5.32 Å². The van der Waals surface area contributed by atoms with E-state index in [9.17, 15) is 9.59 Å². The van der Waals surface area contributed by atoms with Crippen molar-refractivity contribution in [2.75, 3.05) is 5.32 Å². The van der Waals surface area contributed by atoms with Crippen LogP contribution in [-0.4, -0.2) is 25.8 Å². The van der Waals surface area contributed by atoms with Crippen molar-refractivity contribution in [3.05, 3.63) is 81.6 Å². The number of aromatic nitrogens is 4. The third-order valence-corrected chi connectivity index (χ3v) is 5.32. The Bertz CT molecular complexity index is 1310. The van der Waals surface area contributed by atoms with E-state index in [1.807, 2.05) is 35.9 Å². The molecule has 0 fully saturated rings. The Balaban J connectivity index is 1.47. The first-order valence-electron chi connectivity index (χ1n) is 9.75. The Morgan fingerprint density at radius 2 is 2.03 bits per heavy atom. The number of carbonyl (C=O) groups excluding carboxylic acids is 1. The Morgan fingerprint density at radius 3 is 2.83 bits per heavy atom. The van der Waals surface area contributed by atoms with E-state index in [-0.39, 0.29) is 5.91 Å². The maximum atomic E-state index is 13.1. The molecule has 2 heterocycles. The highest BCUT2D eigenvalue weighted by Crippen LogP contribution is 2.29. The second-order valence-electron chi connectivity index (χ2n) is 7.30. The number of aromatic amines is 1. The molecule has 30 heavy (non-hydrogen) atoms. The van der Waals surface area contributed by atoms with Gasteiger partial charge in [-0.25, -0.2) is 9.48 Å². The summed E-state index contributed by atoms with van der Waals surface area (Å²) in [4.78, 5) is 26.8. The zero-order valence-corrected chi connectivity index (χ0v) is 16.3. The molecular weight excluding hydrogens is 382 g/mol. The summed E-state index contributed by atoms with van der Waals surface area (Å²) < 4.78 is 6.46. The van der Waals surface area contributed by atoms with E-state index in [0.717, 1.165) is 41.8 Å². The molecule has 2 N–H and O–H groups in total. The van der Waals surface area contributed by atoms with Crippen LogP contribution in [-0.2, 0) is 12.8 Å². The number of benzene rings is 2. The first-order chi connectivity index (χ1) is 14.6. The predicted molar refractivity (Wildman–Crippen MR) is 111 cm³/mol. The van der Waals surface area contributed by atoms with Crippen LogP contribution in [0.25, 0.3) is 17.1 Å². The van der Waals surface area contributed by atoms with Crippen molar-refractivity contribution in [2.24, 2.45) is 0 Å². The molecule has 1 amide bonds. The molecule has 0 saturated carbocycles. The first kappa shape index (κ1) is 18.1. The van der Waals surface area contributed by atoms with Gasteiger partial charge in [0.15, 0.2) is 11.5 Å². The molecule has 0 aliphatic heterocycles. The second kappa shape index (κ2) is 7.14. The van der Waals surface area contributed by atoms with Crippen LogP contribution in [0.3, 0.4) is 0 Å². The molecule has 2 aromatic heterocycles. The van der Waals surface area contributed by atoms with Gasteiger partial charge in [-0.3, -0.25) is 14.3 Å². The monoisotopic (exact) mass is 401 g/mol. The number of fused-ring (bicyclic) bond motifs is 1. The summed E-state index contributed by atoms with van der Waals surface area (Å²) in [6.07, 6.45) is 2.75. The van der Waals surface area contributed by atoms with Crippen LogP contribution in [0, 0.1) is 6.92 Å². The summed E-state index contributed by atoms with van der Waals surface area (Å²) in [5, 5.41) is 11.3. The number of carbonyl (C=O) groups is 1. The quantitative estimate of drug-likeness (QED) is 0.546. The highest BCUT2D eigenvalue weighted by Gasteiger charge is 2.27. The Morgan fingerprint density at radius 1 is 1.17 bits per heavy atom. The fourth-order valence-corrected chi connectivity index (χ4v) is 3.91. The number of rotatable bonds is 4. The van der Waals surface area contributed by atoms with Crippen LogP contribution in [0.2, 0.25) is 0 Å². The average molecular weight is 401 g/mol. The van der Waals surface area contributed by atoms with Gasteiger partial charge in [-0.2, -0.15) is 5.10 Å². The molecule has 0 atom stereocenters. The summed E-state index contributed by atoms with van der Waals surface area (Å²) in [5.74, 6) is -0.580. The highest BCUT2D eigenvalue weighted by molar-refractivity contribution is 6.04. The van der Waals surface area contributed by atoms with Gasteiger partial charge in [0.1, 0.15) is 0 Å². The minimum atomic E-state index is -0.628. The number of hydrogen-bond donors (Lipinski definition) is 2. The summed E-state index contributed by atoms with van der Waals surface area (Å²) in [6, 6.07) is 15.1. The van der Waals surface area contributed by atoms with E-state index in [0.29, 0.717) is 22.8 Å². The third-order valence-electron chi connectivity index (χ3n) is 5.32. The molecule has 2 aromatic carbocycles. The minimum Gasteiger partial charge on any atom is -0.321 e. The number of anilines is 1. The number of amides is 1. The minimum absolute atomic E-state index is 0.258. The molecule has 5 rings (SSSR count). The smallest absolute Gasteiger partial charge is 0.321 e. The van der Waals surface area contributed by atoms with E-state index >= 15 is 0 Å². The summed E-state index contributed by atoms with van der Waals surface area (Å²) in [5.41, 5.74) is 5.87. The summed E-state index contributed by atoms with van der Waals surface area (Å²) in [7, 11) is 0. The van der Waals surface area contributed by atoms with Crippen LogP contribution >= 0.6 is 0 Å². The van der Waals surface area contributed by atoms with Crippen molar-refractivity contribution >= 4 is 11.6 Å². The number of hydrogen-bond acceptors (Lipinski definition) is 5. The Kier molecular flexibility index (Phi) is 4.31. The van der Waals surface area contributed by atoms with E-state index in [4.69, 9.17) is 0 Å². The molecule has 1 aliphatic rings. The fourth-order valence-electron chi connectivity index (χ4n) is 3.91. The molecule has 0 saturated heterocycles. The van der Waals surface area contributed by atoms with E-state index < -0.39 is 5.76 Å². The van der Waals surface area contributed by atoms with Gasteiger partial charge in [-0.1, -0.05) is 35.5 Å². The third kappa shape index (κ3) is 3.12. The zero-order chi connectivity index (χ0) is 20.7. The van der Waals surface area contributed by atoms with Gasteiger partial charge in [0.25, 0.3) is 5.91 Å².